The van der Waals surface area contributed by atoms with Crippen molar-refractivity contribution in [2.45, 2.75) is 26.6 Å². The highest BCUT2D eigenvalue weighted by molar-refractivity contribution is 6.83. The van der Waals surface area contributed by atoms with E-state index in [1.807, 2.05) is 13.0 Å². The zero-order chi connectivity index (χ0) is 10.8. The molecule has 0 radical (unpaired) electrons. The summed E-state index contributed by atoms with van der Waals surface area (Å²) in [5.74, 6) is 3.13. The van der Waals surface area contributed by atoms with E-state index < -0.39 is 8.07 Å². The monoisotopic (exact) mass is 204 g/mol. The molecule has 1 rings (SSSR count). The van der Waals surface area contributed by atoms with Gasteiger partial charge in [-0.15, -0.1) is 5.54 Å². The Bertz CT molecular complexity index is 394. The average Bonchev–Trinajstić information content (AvgIpc) is 2.00. The van der Waals surface area contributed by atoms with Crippen LogP contribution in [0.15, 0.2) is 12.3 Å². The lowest BCUT2D eigenvalue weighted by molar-refractivity contribution is 1.23. The minimum absolute atomic E-state index is 0.695. The van der Waals surface area contributed by atoms with Crippen LogP contribution in [0, 0.1) is 18.4 Å². The molecule has 2 nitrogen and oxygen atoms in total. The molecule has 0 bridgehead atoms. The van der Waals surface area contributed by atoms with Gasteiger partial charge in [0.05, 0.1) is 11.9 Å². The molecule has 3 heteroatoms. The second-order valence-corrected chi connectivity index (χ2v) is 9.18. The Balaban J connectivity index is 3.02. The summed E-state index contributed by atoms with van der Waals surface area (Å²) in [5, 5.41) is 0. The zero-order valence-electron chi connectivity index (χ0n) is 9.18. The van der Waals surface area contributed by atoms with Crippen LogP contribution in [-0.2, 0) is 0 Å². The fraction of sp³-hybridized carbons (Fsp3) is 0.364. The van der Waals surface area contributed by atoms with Crippen LogP contribution in [0.2, 0.25) is 19.6 Å². The lowest BCUT2D eigenvalue weighted by atomic mass is 10.2. The minimum atomic E-state index is -1.31. The van der Waals surface area contributed by atoms with Gasteiger partial charge >= 0.3 is 0 Å². The quantitative estimate of drug-likeness (QED) is 0.520. The number of aryl methyl sites for hydroxylation is 1. The number of anilines is 1. The first-order valence-electron chi connectivity index (χ1n) is 4.64. The maximum atomic E-state index is 5.61. The molecule has 0 aliphatic heterocycles. The number of aromatic nitrogens is 1. The molecule has 0 saturated carbocycles. The summed E-state index contributed by atoms with van der Waals surface area (Å²) in [5.41, 5.74) is 11.5. The van der Waals surface area contributed by atoms with Crippen molar-refractivity contribution in [1.82, 2.24) is 4.98 Å². The smallest absolute Gasteiger partial charge is 0.129 e. The summed E-state index contributed by atoms with van der Waals surface area (Å²) >= 11 is 0. The largest absolute Gasteiger partial charge is 0.397 e. The van der Waals surface area contributed by atoms with Crippen molar-refractivity contribution in [3.63, 3.8) is 0 Å². The van der Waals surface area contributed by atoms with Gasteiger partial charge in [0.1, 0.15) is 13.8 Å². The fourth-order valence-corrected chi connectivity index (χ4v) is 1.47. The van der Waals surface area contributed by atoms with Gasteiger partial charge in [0.15, 0.2) is 0 Å². The Morgan fingerprint density at radius 1 is 1.36 bits per heavy atom. The number of rotatable bonds is 0. The number of nitrogen functional groups attached to an aromatic ring is 1. The van der Waals surface area contributed by atoms with Crippen molar-refractivity contribution in [1.29, 1.82) is 0 Å². The molecule has 2 N–H and O–H groups in total. The molecule has 1 heterocycles. The Kier molecular flexibility index (Phi) is 2.97. The summed E-state index contributed by atoms with van der Waals surface area (Å²) in [6, 6.07) is 1.90. The van der Waals surface area contributed by atoms with Crippen LogP contribution in [0.4, 0.5) is 5.69 Å². The molecule has 0 aliphatic rings. The van der Waals surface area contributed by atoms with Crippen molar-refractivity contribution < 1.29 is 0 Å². The summed E-state index contributed by atoms with van der Waals surface area (Å²) in [4.78, 5) is 4.20. The predicted molar refractivity (Wildman–Crippen MR) is 63.6 cm³/mol. The molecule has 0 fully saturated rings. The molecular formula is C11H16N2Si. The maximum absolute atomic E-state index is 5.61. The molecule has 1 aromatic rings. The van der Waals surface area contributed by atoms with Crippen molar-refractivity contribution in [3.8, 4) is 11.5 Å². The lowest BCUT2D eigenvalue weighted by Gasteiger charge is -2.04. The van der Waals surface area contributed by atoms with Crippen molar-refractivity contribution in [3.05, 3.63) is 23.5 Å². The Hall–Kier alpha value is -1.27. The number of hydrogen-bond donors (Lipinski definition) is 1. The van der Waals surface area contributed by atoms with E-state index in [9.17, 15) is 0 Å². The van der Waals surface area contributed by atoms with Gasteiger partial charge in [-0.3, -0.25) is 0 Å². The molecule has 1 aromatic heterocycles. The maximum Gasteiger partial charge on any atom is 0.129 e. The Morgan fingerprint density at radius 2 is 2.00 bits per heavy atom. The van der Waals surface area contributed by atoms with E-state index in [1.54, 1.807) is 6.20 Å². The van der Waals surface area contributed by atoms with Crippen LogP contribution in [0.1, 0.15) is 11.3 Å². The average molecular weight is 204 g/mol. The van der Waals surface area contributed by atoms with Crippen LogP contribution in [0.3, 0.4) is 0 Å². The normalized spacial score (nSPS) is 10.6. The van der Waals surface area contributed by atoms with E-state index in [0.29, 0.717) is 5.69 Å². The van der Waals surface area contributed by atoms with E-state index in [1.165, 1.54) is 0 Å². The van der Waals surface area contributed by atoms with E-state index in [2.05, 4.69) is 36.1 Å². The van der Waals surface area contributed by atoms with Gasteiger partial charge in [-0.1, -0.05) is 25.6 Å². The summed E-state index contributed by atoms with van der Waals surface area (Å²) in [6.07, 6.45) is 1.65. The highest BCUT2D eigenvalue weighted by atomic mass is 28.3. The van der Waals surface area contributed by atoms with E-state index in [4.69, 9.17) is 5.73 Å². The van der Waals surface area contributed by atoms with Crippen LogP contribution in [-0.4, -0.2) is 13.1 Å². The van der Waals surface area contributed by atoms with E-state index in [-0.39, 0.29) is 0 Å². The number of nitrogens with two attached hydrogens (primary N) is 1. The second kappa shape index (κ2) is 3.85. The van der Waals surface area contributed by atoms with Gasteiger partial charge in [-0.25, -0.2) is 4.98 Å². The topological polar surface area (TPSA) is 38.9 Å². The molecule has 0 spiro atoms. The highest BCUT2D eigenvalue weighted by Gasteiger charge is 2.07. The molecule has 0 aliphatic carbocycles. The van der Waals surface area contributed by atoms with Gasteiger partial charge in [-0.2, -0.15) is 0 Å². The highest BCUT2D eigenvalue weighted by Crippen LogP contribution is 2.08. The molecule has 0 amide bonds. The molecule has 0 unspecified atom stereocenters. The lowest BCUT2D eigenvalue weighted by Crippen LogP contribution is -2.16. The van der Waals surface area contributed by atoms with Gasteiger partial charge in [0, 0.05) is 0 Å². The Morgan fingerprint density at radius 3 is 2.50 bits per heavy atom. The minimum Gasteiger partial charge on any atom is -0.397 e. The third-order valence-electron chi connectivity index (χ3n) is 1.66. The number of nitrogens with zero attached hydrogens (tertiary/aromatic N) is 1. The van der Waals surface area contributed by atoms with Crippen LogP contribution in [0.5, 0.6) is 0 Å². The number of hydrogen-bond acceptors (Lipinski definition) is 2. The fourth-order valence-electron chi connectivity index (χ4n) is 0.974. The molecule has 0 aromatic carbocycles. The van der Waals surface area contributed by atoms with E-state index in [0.717, 1.165) is 11.3 Å². The standard InChI is InChI=1S/C11H16N2Si/c1-9-7-10(12)8-13-11(9)5-6-14(2,3)4/h7-8H,12H2,1-4H3. The summed E-state index contributed by atoms with van der Waals surface area (Å²) in [6.45, 7) is 8.63. The van der Waals surface area contributed by atoms with Crippen LogP contribution >= 0.6 is 0 Å². The van der Waals surface area contributed by atoms with Crippen LogP contribution < -0.4 is 5.73 Å². The zero-order valence-corrected chi connectivity index (χ0v) is 10.2. The molecule has 0 atom stereocenters. The van der Waals surface area contributed by atoms with Gasteiger partial charge in [0.2, 0.25) is 0 Å². The van der Waals surface area contributed by atoms with Crippen LogP contribution in [0.25, 0.3) is 0 Å². The SMILES string of the molecule is Cc1cc(N)cnc1C#C[Si](C)(C)C. The first-order chi connectivity index (χ1) is 6.38. The van der Waals surface area contributed by atoms with Gasteiger partial charge < -0.3 is 5.73 Å². The summed E-state index contributed by atoms with van der Waals surface area (Å²) in [7, 11) is -1.31. The van der Waals surface area contributed by atoms with Gasteiger partial charge in [0.25, 0.3) is 0 Å². The first-order valence-corrected chi connectivity index (χ1v) is 8.14. The third-order valence-corrected chi connectivity index (χ3v) is 2.53. The molecule has 0 saturated heterocycles. The second-order valence-electron chi connectivity index (χ2n) is 4.43. The summed E-state index contributed by atoms with van der Waals surface area (Å²) < 4.78 is 0. The van der Waals surface area contributed by atoms with Gasteiger partial charge in [-0.05, 0) is 18.6 Å². The predicted octanol–water partition coefficient (Wildman–Crippen LogP) is 2.20. The molecular weight excluding hydrogens is 188 g/mol. The van der Waals surface area contributed by atoms with Crippen molar-refractivity contribution >= 4 is 13.8 Å². The molecule has 14 heavy (non-hydrogen) atoms. The Labute approximate surface area is 86.6 Å². The van der Waals surface area contributed by atoms with Crippen molar-refractivity contribution in [2.24, 2.45) is 0 Å². The van der Waals surface area contributed by atoms with Crippen molar-refractivity contribution in [2.75, 3.05) is 5.73 Å². The van der Waals surface area contributed by atoms with E-state index >= 15 is 0 Å². The number of pyridine rings is 1. The first kappa shape index (κ1) is 10.8. The third kappa shape index (κ3) is 3.23. The molecule has 74 valence electrons.